The zero-order chi connectivity index (χ0) is 13.7. The molecule has 1 aliphatic rings. The number of Topliss-reactive ketones (excluding diaryl/α,β-unsaturated/α-hetero) is 1. The lowest BCUT2D eigenvalue weighted by Gasteiger charge is -2.22. The predicted octanol–water partition coefficient (Wildman–Crippen LogP) is 1.87. The van der Waals surface area contributed by atoms with Crippen molar-refractivity contribution in [2.45, 2.75) is 45.4 Å². The Morgan fingerprint density at radius 2 is 2.21 bits per heavy atom. The summed E-state index contributed by atoms with van der Waals surface area (Å²) in [5.74, 6) is 1.09. The third-order valence-electron chi connectivity index (χ3n) is 4.06. The highest BCUT2D eigenvalue weighted by molar-refractivity contribution is 5.80. The second kappa shape index (κ2) is 6.85. The molecule has 1 N–H and O–H groups in total. The highest BCUT2D eigenvalue weighted by atomic mass is 16.1. The maximum Gasteiger partial charge on any atom is 0.138 e. The van der Waals surface area contributed by atoms with Crippen molar-refractivity contribution in [2.75, 3.05) is 13.1 Å². The van der Waals surface area contributed by atoms with E-state index in [1.165, 1.54) is 12.8 Å². The molecule has 1 saturated heterocycles. The van der Waals surface area contributed by atoms with Crippen LogP contribution in [0.25, 0.3) is 0 Å². The molecule has 0 amide bonds. The summed E-state index contributed by atoms with van der Waals surface area (Å²) in [6, 6.07) is 2.06. The average molecular weight is 263 g/mol. The number of aryl methyl sites for hydroxylation is 2. The highest BCUT2D eigenvalue weighted by Crippen LogP contribution is 2.18. The van der Waals surface area contributed by atoms with Gasteiger partial charge < -0.3 is 5.32 Å². The third kappa shape index (κ3) is 4.16. The Morgan fingerprint density at radius 1 is 1.47 bits per heavy atom. The highest BCUT2D eigenvalue weighted by Gasteiger charge is 2.15. The number of carbonyl (C=O) groups excluding carboxylic acids is 1. The van der Waals surface area contributed by atoms with E-state index in [1.54, 1.807) is 0 Å². The van der Waals surface area contributed by atoms with Crippen LogP contribution in [0.3, 0.4) is 0 Å². The molecule has 0 unspecified atom stereocenters. The number of rotatable bonds is 6. The molecule has 19 heavy (non-hydrogen) atoms. The predicted molar refractivity (Wildman–Crippen MR) is 76.1 cm³/mol. The molecular weight excluding hydrogens is 238 g/mol. The summed E-state index contributed by atoms with van der Waals surface area (Å²) in [5, 5.41) is 7.75. The molecule has 1 aromatic heterocycles. The van der Waals surface area contributed by atoms with Gasteiger partial charge in [-0.3, -0.25) is 9.48 Å². The molecule has 1 aromatic rings. The van der Waals surface area contributed by atoms with Gasteiger partial charge in [0.05, 0.1) is 5.69 Å². The number of aromatic nitrogens is 2. The van der Waals surface area contributed by atoms with Gasteiger partial charge in [0.15, 0.2) is 0 Å². The topological polar surface area (TPSA) is 46.9 Å². The molecule has 0 spiro atoms. The SMILES string of the molecule is CCc1cc(CC(=O)CCC2CCNCC2)n(C)n1. The Balaban J connectivity index is 1.78. The van der Waals surface area contributed by atoms with E-state index in [2.05, 4.69) is 23.4 Å². The van der Waals surface area contributed by atoms with Gasteiger partial charge in [-0.25, -0.2) is 0 Å². The normalized spacial score (nSPS) is 16.7. The van der Waals surface area contributed by atoms with E-state index in [1.807, 2.05) is 11.7 Å². The van der Waals surface area contributed by atoms with E-state index in [4.69, 9.17) is 0 Å². The molecule has 0 aromatic carbocycles. The van der Waals surface area contributed by atoms with Crippen LogP contribution in [0.1, 0.15) is 44.0 Å². The Morgan fingerprint density at radius 3 is 2.84 bits per heavy atom. The van der Waals surface area contributed by atoms with Gasteiger partial charge >= 0.3 is 0 Å². The summed E-state index contributed by atoms with van der Waals surface area (Å²) >= 11 is 0. The van der Waals surface area contributed by atoms with Crippen LogP contribution >= 0.6 is 0 Å². The minimum Gasteiger partial charge on any atom is -0.317 e. The van der Waals surface area contributed by atoms with Crippen LogP contribution in [0.4, 0.5) is 0 Å². The van der Waals surface area contributed by atoms with E-state index in [-0.39, 0.29) is 0 Å². The van der Waals surface area contributed by atoms with Crippen molar-refractivity contribution in [2.24, 2.45) is 13.0 Å². The number of nitrogens with zero attached hydrogens (tertiary/aromatic N) is 2. The monoisotopic (exact) mass is 263 g/mol. The molecular formula is C15H25N3O. The Bertz CT molecular complexity index is 419. The molecule has 0 radical (unpaired) electrons. The summed E-state index contributed by atoms with van der Waals surface area (Å²) in [7, 11) is 1.93. The fraction of sp³-hybridized carbons (Fsp3) is 0.733. The number of ketones is 1. The van der Waals surface area contributed by atoms with E-state index in [9.17, 15) is 4.79 Å². The number of piperidine rings is 1. The van der Waals surface area contributed by atoms with E-state index >= 15 is 0 Å². The second-order valence-corrected chi connectivity index (χ2v) is 5.55. The fourth-order valence-corrected chi connectivity index (χ4v) is 2.74. The van der Waals surface area contributed by atoms with Gasteiger partial charge in [0, 0.05) is 25.6 Å². The Hall–Kier alpha value is -1.16. The zero-order valence-electron chi connectivity index (χ0n) is 12.1. The van der Waals surface area contributed by atoms with Crippen molar-refractivity contribution in [3.8, 4) is 0 Å². The molecule has 1 aliphatic heterocycles. The summed E-state index contributed by atoms with van der Waals surface area (Å²) < 4.78 is 1.85. The van der Waals surface area contributed by atoms with Gasteiger partial charge in [0.2, 0.25) is 0 Å². The molecule has 4 heteroatoms. The van der Waals surface area contributed by atoms with Crippen LogP contribution in [0.5, 0.6) is 0 Å². The summed E-state index contributed by atoms with van der Waals surface area (Å²) in [5.41, 5.74) is 2.12. The van der Waals surface area contributed by atoms with Crippen LogP contribution in [0.2, 0.25) is 0 Å². The number of nitrogens with one attached hydrogen (secondary N) is 1. The van der Waals surface area contributed by atoms with Crippen molar-refractivity contribution in [3.05, 3.63) is 17.5 Å². The second-order valence-electron chi connectivity index (χ2n) is 5.55. The van der Waals surface area contributed by atoms with Crippen LogP contribution in [-0.4, -0.2) is 28.7 Å². The maximum absolute atomic E-state index is 12.0. The molecule has 0 aliphatic carbocycles. The smallest absolute Gasteiger partial charge is 0.138 e. The molecule has 2 heterocycles. The number of carbonyl (C=O) groups is 1. The molecule has 2 rings (SSSR count). The first-order valence-electron chi connectivity index (χ1n) is 7.43. The summed E-state index contributed by atoms with van der Waals surface area (Å²) in [6.45, 7) is 4.31. The standard InChI is InChI=1S/C15H25N3O/c1-3-13-10-14(18(2)17-13)11-15(19)5-4-12-6-8-16-9-7-12/h10,12,16H,3-9,11H2,1-2H3. The maximum atomic E-state index is 12.0. The van der Waals surface area contributed by atoms with Gasteiger partial charge in [-0.15, -0.1) is 0 Å². The lowest BCUT2D eigenvalue weighted by atomic mass is 9.92. The number of hydrogen-bond acceptors (Lipinski definition) is 3. The zero-order valence-corrected chi connectivity index (χ0v) is 12.1. The minimum absolute atomic E-state index is 0.351. The van der Waals surface area contributed by atoms with Crippen LogP contribution in [0.15, 0.2) is 6.07 Å². The molecule has 0 bridgehead atoms. The first-order valence-corrected chi connectivity index (χ1v) is 7.43. The van der Waals surface area contributed by atoms with Crippen LogP contribution < -0.4 is 5.32 Å². The van der Waals surface area contributed by atoms with Gasteiger partial charge in [-0.05, 0) is 50.8 Å². The molecule has 0 atom stereocenters. The lowest BCUT2D eigenvalue weighted by molar-refractivity contribution is -0.118. The molecule has 1 fully saturated rings. The molecule has 0 saturated carbocycles. The third-order valence-corrected chi connectivity index (χ3v) is 4.06. The van der Waals surface area contributed by atoms with Crippen molar-refractivity contribution in [3.63, 3.8) is 0 Å². The van der Waals surface area contributed by atoms with E-state index in [0.29, 0.717) is 12.2 Å². The minimum atomic E-state index is 0.351. The van der Waals surface area contributed by atoms with Crippen LogP contribution in [-0.2, 0) is 24.7 Å². The lowest BCUT2D eigenvalue weighted by Crippen LogP contribution is -2.28. The fourth-order valence-electron chi connectivity index (χ4n) is 2.74. The molecule has 4 nitrogen and oxygen atoms in total. The van der Waals surface area contributed by atoms with Crippen LogP contribution in [0, 0.1) is 5.92 Å². The Labute approximate surface area is 115 Å². The van der Waals surface area contributed by atoms with E-state index in [0.717, 1.165) is 49.7 Å². The van der Waals surface area contributed by atoms with Gasteiger partial charge in [-0.1, -0.05) is 6.92 Å². The van der Waals surface area contributed by atoms with Gasteiger partial charge in [0.25, 0.3) is 0 Å². The van der Waals surface area contributed by atoms with Crippen molar-refractivity contribution < 1.29 is 4.79 Å². The Kier molecular flexibility index (Phi) is 5.14. The quantitative estimate of drug-likeness (QED) is 0.852. The first kappa shape index (κ1) is 14.3. The summed E-state index contributed by atoms with van der Waals surface area (Å²) in [4.78, 5) is 12.0. The van der Waals surface area contributed by atoms with Crippen molar-refractivity contribution in [1.82, 2.24) is 15.1 Å². The average Bonchev–Trinajstić information content (AvgIpc) is 2.78. The van der Waals surface area contributed by atoms with Crippen molar-refractivity contribution in [1.29, 1.82) is 0 Å². The first-order chi connectivity index (χ1) is 9.19. The van der Waals surface area contributed by atoms with Gasteiger partial charge in [-0.2, -0.15) is 5.10 Å². The van der Waals surface area contributed by atoms with E-state index < -0.39 is 0 Å². The van der Waals surface area contributed by atoms with Crippen molar-refractivity contribution >= 4 is 5.78 Å². The summed E-state index contributed by atoms with van der Waals surface area (Å²) in [6.07, 6.45) is 5.68. The number of hydrogen-bond donors (Lipinski definition) is 1. The largest absolute Gasteiger partial charge is 0.317 e. The van der Waals surface area contributed by atoms with Gasteiger partial charge in [0.1, 0.15) is 5.78 Å². The molecule has 106 valence electrons.